The van der Waals surface area contributed by atoms with E-state index in [9.17, 15) is 9.90 Å². The highest BCUT2D eigenvalue weighted by atomic mass is 16.4. The van der Waals surface area contributed by atoms with E-state index in [-0.39, 0.29) is 5.92 Å². The third-order valence-electron chi connectivity index (χ3n) is 5.39. The Morgan fingerprint density at radius 1 is 0.684 bits per heavy atom. The third-order valence-corrected chi connectivity index (χ3v) is 5.39. The molecule has 0 N–H and O–H groups in total. The molecular weight excluding hydrogens is 236 g/mol. The molecule has 0 radical (unpaired) electrons. The topological polar surface area (TPSA) is 40.1 Å². The van der Waals surface area contributed by atoms with Gasteiger partial charge in [-0.2, -0.15) is 0 Å². The number of carboxylic acid groups (broad SMARTS) is 1. The van der Waals surface area contributed by atoms with Crippen molar-refractivity contribution in [2.24, 2.45) is 17.8 Å². The standard InChI is InChI=1S/C17H30O2/c18-17(19)16-13-12-15(16)14-10-8-6-4-2-1-3-5-7-9-11-14/h14-16H,1-13H2,(H,18,19)/p-1. The minimum atomic E-state index is -0.789. The number of rotatable bonds is 2. The molecule has 19 heavy (non-hydrogen) atoms. The zero-order valence-corrected chi connectivity index (χ0v) is 12.2. The minimum absolute atomic E-state index is 0.127. The number of aliphatic carboxylic acids is 1. The summed E-state index contributed by atoms with van der Waals surface area (Å²) in [7, 11) is 0. The Morgan fingerprint density at radius 2 is 1.16 bits per heavy atom. The summed E-state index contributed by atoms with van der Waals surface area (Å²) in [6.07, 6.45) is 16.8. The average Bonchev–Trinajstić information content (AvgIpc) is 2.30. The summed E-state index contributed by atoms with van der Waals surface area (Å²) in [6, 6.07) is 0. The van der Waals surface area contributed by atoms with Gasteiger partial charge in [0.05, 0.1) is 0 Å². The van der Waals surface area contributed by atoms with Crippen molar-refractivity contribution >= 4 is 5.97 Å². The van der Waals surface area contributed by atoms with E-state index in [0.29, 0.717) is 11.8 Å². The van der Waals surface area contributed by atoms with E-state index in [1.165, 1.54) is 70.6 Å². The van der Waals surface area contributed by atoms with Crippen LogP contribution in [0, 0.1) is 17.8 Å². The molecule has 0 amide bonds. The molecular formula is C17H29O2-. The first-order valence-electron chi connectivity index (χ1n) is 8.50. The van der Waals surface area contributed by atoms with Gasteiger partial charge in [-0.05, 0) is 24.7 Å². The van der Waals surface area contributed by atoms with E-state index in [1.807, 2.05) is 0 Å². The van der Waals surface area contributed by atoms with Crippen LogP contribution in [0.3, 0.4) is 0 Å². The normalized spacial score (nSPS) is 31.8. The average molecular weight is 265 g/mol. The maximum atomic E-state index is 11.1. The Hall–Kier alpha value is -0.530. The first-order chi connectivity index (χ1) is 9.29. The summed E-state index contributed by atoms with van der Waals surface area (Å²) in [5.74, 6) is 0.185. The van der Waals surface area contributed by atoms with Gasteiger partial charge in [0.25, 0.3) is 0 Å². The van der Waals surface area contributed by atoms with Crippen molar-refractivity contribution in [3.63, 3.8) is 0 Å². The lowest BCUT2D eigenvalue weighted by Crippen LogP contribution is -2.44. The van der Waals surface area contributed by atoms with Gasteiger partial charge >= 0.3 is 0 Å². The van der Waals surface area contributed by atoms with Gasteiger partial charge in [0.2, 0.25) is 0 Å². The van der Waals surface area contributed by atoms with Crippen LogP contribution in [-0.4, -0.2) is 5.97 Å². The summed E-state index contributed by atoms with van der Waals surface area (Å²) in [5.41, 5.74) is 0. The van der Waals surface area contributed by atoms with Crippen LogP contribution in [0.5, 0.6) is 0 Å². The minimum Gasteiger partial charge on any atom is -0.550 e. The second-order valence-electron chi connectivity index (χ2n) is 6.69. The van der Waals surface area contributed by atoms with Crippen molar-refractivity contribution < 1.29 is 9.90 Å². The van der Waals surface area contributed by atoms with Gasteiger partial charge in [0, 0.05) is 11.9 Å². The van der Waals surface area contributed by atoms with Crippen LogP contribution < -0.4 is 5.11 Å². The first kappa shape index (κ1) is 14.9. The summed E-state index contributed by atoms with van der Waals surface area (Å²) < 4.78 is 0. The van der Waals surface area contributed by atoms with E-state index < -0.39 is 5.97 Å². The fourth-order valence-electron chi connectivity index (χ4n) is 4.01. The second-order valence-corrected chi connectivity index (χ2v) is 6.69. The Kier molecular flexibility index (Phi) is 6.19. The van der Waals surface area contributed by atoms with Crippen LogP contribution >= 0.6 is 0 Å². The molecule has 110 valence electrons. The molecule has 0 saturated heterocycles. The lowest BCUT2D eigenvalue weighted by atomic mass is 9.64. The molecule has 2 saturated carbocycles. The van der Waals surface area contributed by atoms with Gasteiger partial charge in [-0.15, -0.1) is 0 Å². The molecule has 0 aromatic rings. The molecule has 0 bridgehead atoms. The van der Waals surface area contributed by atoms with Crippen LogP contribution in [0.2, 0.25) is 0 Å². The quantitative estimate of drug-likeness (QED) is 0.764. The van der Waals surface area contributed by atoms with Crippen molar-refractivity contribution in [2.45, 2.75) is 83.5 Å². The summed E-state index contributed by atoms with van der Waals surface area (Å²) in [6.45, 7) is 0. The lowest BCUT2D eigenvalue weighted by Gasteiger charge is -2.43. The van der Waals surface area contributed by atoms with Gasteiger partial charge in [-0.3, -0.25) is 0 Å². The van der Waals surface area contributed by atoms with Crippen LogP contribution in [-0.2, 0) is 4.79 Å². The number of carbonyl (C=O) groups excluding carboxylic acids is 1. The monoisotopic (exact) mass is 265 g/mol. The van der Waals surface area contributed by atoms with Crippen LogP contribution in [0.15, 0.2) is 0 Å². The maximum Gasteiger partial charge on any atom is 0.0448 e. The first-order valence-corrected chi connectivity index (χ1v) is 8.50. The Bertz CT molecular complexity index is 262. The Morgan fingerprint density at radius 3 is 1.53 bits per heavy atom. The van der Waals surface area contributed by atoms with Crippen LogP contribution in [0.1, 0.15) is 83.5 Å². The zero-order chi connectivity index (χ0) is 13.5. The lowest BCUT2D eigenvalue weighted by molar-refractivity contribution is -0.317. The summed E-state index contributed by atoms with van der Waals surface area (Å²) >= 11 is 0. The van der Waals surface area contributed by atoms with Crippen molar-refractivity contribution in [3.8, 4) is 0 Å². The van der Waals surface area contributed by atoms with Gasteiger partial charge in [-0.25, -0.2) is 0 Å². The van der Waals surface area contributed by atoms with E-state index in [4.69, 9.17) is 0 Å². The molecule has 0 aromatic heterocycles. The highest BCUT2D eigenvalue weighted by Gasteiger charge is 2.36. The zero-order valence-electron chi connectivity index (χ0n) is 12.2. The second kappa shape index (κ2) is 7.91. The van der Waals surface area contributed by atoms with Crippen LogP contribution in [0.25, 0.3) is 0 Å². The van der Waals surface area contributed by atoms with Gasteiger partial charge < -0.3 is 9.90 Å². The molecule has 2 nitrogen and oxygen atoms in total. The number of carboxylic acids is 1. The molecule has 0 heterocycles. The molecule has 0 aromatic carbocycles. The van der Waals surface area contributed by atoms with Gasteiger partial charge in [0.15, 0.2) is 0 Å². The summed E-state index contributed by atoms with van der Waals surface area (Å²) in [5, 5.41) is 11.1. The third kappa shape index (κ3) is 4.50. The van der Waals surface area contributed by atoms with E-state index in [1.54, 1.807) is 0 Å². The number of hydrogen-bond donors (Lipinski definition) is 0. The van der Waals surface area contributed by atoms with Crippen molar-refractivity contribution in [3.05, 3.63) is 0 Å². The predicted octanol–water partition coefficient (Wildman–Crippen LogP) is 3.68. The highest BCUT2D eigenvalue weighted by molar-refractivity contribution is 5.69. The smallest absolute Gasteiger partial charge is 0.0448 e. The molecule has 2 aliphatic rings. The molecule has 2 aliphatic carbocycles. The van der Waals surface area contributed by atoms with Crippen molar-refractivity contribution in [2.75, 3.05) is 0 Å². The molecule has 0 aliphatic heterocycles. The van der Waals surface area contributed by atoms with Gasteiger partial charge in [0.1, 0.15) is 0 Å². The van der Waals surface area contributed by atoms with E-state index >= 15 is 0 Å². The van der Waals surface area contributed by atoms with Crippen molar-refractivity contribution in [1.29, 1.82) is 0 Å². The molecule has 2 unspecified atom stereocenters. The van der Waals surface area contributed by atoms with Crippen LogP contribution in [0.4, 0.5) is 0 Å². The Labute approximate surface area is 118 Å². The fraction of sp³-hybridized carbons (Fsp3) is 0.941. The molecule has 2 heteroatoms. The number of carbonyl (C=O) groups is 1. The summed E-state index contributed by atoms with van der Waals surface area (Å²) in [4.78, 5) is 11.1. The Balaban J connectivity index is 1.82. The largest absolute Gasteiger partial charge is 0.550 e. The molecule has 2 atom stereocenters. The van der Waals surface area contributed by atoms with Crippen molar-refractivity contribution in [1.82, 2.24) is 0 Å². The van der Waals surface area contributed by atoms with Gasteiger partial charge in [-0.1, -0.05) is 70.6 Å². The highest BCUT2D eigenvalue weighted by Crippen LogP contribution is 2.43. The number of hydrogen-bond acceptors (Lipinski definition) is 2. The van der Waals surface area contributed by atoms with E-state index in [2.05, 4.69) is 0 Å². The SMILES string of the molecule is O=C([O-])C1CCC1C1CCCCCCCCCCC1. The maximum absolute atomic E-state index is 11.1. The van der Waals surface area contributed by atoms with E-state index in [0.717, 1.165) is 12.8 Å². The predicted molar refractivity (Wildman–Crippen MR) is 75.5 cm³/mol. The fourth-order valence-corrected chi connectivity index (χ4v) is 4.01. The molecule has 2 fully saturated rings. The molecule has 2 rings (SSSR count). The molecule has 0 spiro atoms.